The zero-order chi connectivity index (χ0) is 19.6. The van der Waals surface area contributed by atoms with Crippen LogP contribution in [0.3, 0.4) is 0 Å². The third kappa shape index (κ3) is 3.21. The van der Waals surface area contributed by atoms with Gasteiger partial charge in [0.1, 0.15) is 5.75 Å². The van der Waals surface area contributed by atoms with Crippen molar-refractivity contribution in [1.82, 2.24) is 24.6 Å². The van der Waals surface area contributed by atoms with E-state index in [2.05, 4.69) is 20.1 Å². The van der Waals surface area contributed by atoms with Crippen molar-refractivity contribution < 1.29 is 4.74 Å². The van der Waals surface area contributed by atoms with Gasteiger partial charge in [-0.2, -0.15) is 5.10 Å². The van der Waals surface area contributed by atoms with Gasteiger partial charge in [-0.15, -0.1) is 0 Å². The minimum atomic E-state index is 0.780. The first kappa shape index (κ1) is 17.1. The molecule has 0 aliphatic heterocycles. The first-order chi connectivity index (χ1) is 14.3. The lowest BCUT2D eigenvalue weighted by Crippen LogP contribution is -1.95. The molecule has 0 saturated carbocycles. The summed E-state index contributed by atoms with van der Waals surface area (Å²) in [6, 6.07) is 17.8. The van der Waals surface area contributed by atoms with Crippen LogP contribution in [-0.2, 0) is 0 Å². The average molecular weight is 379 g/mol. The molecule has 0 spiro atoms. The summed E-state index contributed by atoms with van der Waals surface area (Å²) in [6.07, 6.45) is 9.01. The van der Waals surface area contributed by atoms with E-state index in [1.54, 1.807) is 25.7 Å². The van der Waals surface area contributed by atoms with Gasteiger partial charge in [-0.25, -0.2) is 9.50 Å². The molecule has 4 aromatic heterocycles. The predicted molar refractivity (Wildman–Crippen MR) is 111 cm³/mol. The molecule has 0 N–H and O–H groups in total. The van der Waals surface area contributed by atoms with Gasteiger partial charge in [0.2, 0.25) is 0 Å². The Balaban J connectivity index is 1.56. The Morgan fingerprint density at radius 1 is 0.759 bits per heavy atom. The van der Waals surface area contributed by atoms with Crippen LogP contribution in [0.25, 0.3) is 39.3 Å². The molecule has 0 aliphatic carbocycles. The lowest BCUT2D eigenvalue weighted by Gasteiger charge is -2.07. The highest BCUT2D eigenvalue weighted by Gasteiger charge is 2.11. The molecule has 5 rings (SSSR count). The fraction of sp³-hybridized carbons (Fsp3) is 0.0435. The van der Waals surface area contributed by atoms with Crippen molar-refractivity contribution in [3.8, 4) is 39.4 Å². The standard InChI is InChI=1S/C23H17N5O/c1-29-20-4-2-3-17(11-20)19-13-23-26-15-22(28(23)27-14-19)18-7-10-25-21(12-18)16-5-8-24-9-6-16/h2-15H,1H3. The van der Waals surface area contributed by atoms with Crippen LogP contribution in [0.5, 0.6) is 5.75 Å². The number of nitrogens with zero attached hydrogens (tertiary/aromatic N) is 5. The molecule has 0 radical (unpaired) electrons. The van der Waals surface area contributed by atoms with Crippen LogP contribution in [0.4, 0.5) is 0 Å². The molecule has 0 fully saturated rings. The summed E-state index contributed by atoms with van der Waals surface area (Å²) in [6.45, 7) is 0. The molecular weight excluding hydrogens is 362 g/mol. The van der Waals surface area contributed by atoms with Gasteiger partial charge < -0.3 is 4.74 Å². The van der Waals surface area contributed by atoms with Crippen LogP contribution in [0.15, 0.2) is 85.6 Å². The van der Waals surface area contributed by atoms with Crippen LogP contribution in [0, 0.1) is 0 Å². The molecule has 0 amide bonds. The van der Waals surface area contributed by atoms with E-state index >= 15 is 0 Å². The number of fused-ring (bicyclic) bond motifs is 1. The van der Waals surface area contributed by atoms with Crippen LogP contribution >= 0.6 is 0 Å². The highest BCUT2D eigenvalue weighted by molar-refractivity contribution is 5.72. The second-order valence-electron chi connectivity index (χ2n) is 6.56. The third-order valence-corrected chi connectivity index (χ3v) is 4.80. The number of ether oxygens (including phenoxy) is 1. The van der Waals surface area contributed by atoms with Crippen molar-refractivity contribution in [2.75, 3.05) is 7.11 Å². The number of methoxy groups -OCH3 is 1. The molecule has 5 aromatic rings. The third-order valence-electron chi connectivity index (χ3n) is 4.80. The number of aromatic nitrogens is 5. The predicted octanol–water partition coefficient (Wildman–Crippen LogP) is 4.53. The first-order valence-corrected chi connectivity index (χ1v) is 9.17. The topological polar surface area (TPSA) is 65.2 Å². The molecule has 0 unspecified atom stereocenters. The summed E-state index contributed by atoms with van der Waals surface area (Å²) in [5, 5.41) is 4.63. The number of hydrogen-bond donors (Lipinski definition) is 0. The summed E-state index contributed by atoms with van der Waals surface area (Å²) >= 11 is 0. The second kappa shape index (κ2) is 7.16. The maximum absolute atomic E-state index is 5.32. The Morgan fingerprint density at radius 2 is 1.62 bits per heavy atom. The Labute approximate surface area is 167 Å². The minimum absolute atomic E-state index is 0.780. The SMILES string of the molecule is COc1cccc(-c2cnn3c(-c4ccnc(-c5ccncc5)c4)cnc3c2)c1. The monoisotopic (exact) mass is 379 g/mol. The van der Waals surface area contributed by atoms with Gasteiger partial charge >= 0.3 is 0 Å². The first-order valence-electron chi connectivity index (χ1n) is 9.17. The second-order valence-corrected chi connectivity index (χ2v) is 6.56. The van der Waals surface area contributed by atoms with Gasteiger partial charge in [-0.05, 0) is 48.0 Å². The maximum Gasteiger partial charge on any atom is 0.154 e. The Kier molecular flexibility index (Phi) is 4.22. The van der Waals surface area contributed by atoms with Gasteiger partial charge in [0, 0.05) is 35.3 Å². The number of hydrogen-bond acceptors (Lipinski definition) is 5. The van der Waals surface area contributed by atoms with Gasteiger partial charge in [0.25, 0.3) is 0 Å². The van der Waals surface area contributed by atoms with Gasteiger partial charge in [0.15, 0.2) is 5.65 Å². The maximum atomic E-state index is 5.32. The lowest BCUT2D eigenvalue weighted by atomic mass is 10.1. The van der Waals surface area contributed by atoms with E-state index in [0.29, 0.717) is 0 Å². The zero-order valence-corrected chi connectivity index (χ0v) is 15.7. The van der Waals surface area contributed by atoms with E-state index in [9.17, 15) is 0 Å². The molecule has 1 aromatic carbocycles. The van der Waals surface area contributed by atoms with Crippen molar-refractivity contribution >= 4 is 5.65 Å². The van der Waals surface area contributed by atoms with Gasteiger partial charge in [-0.1, -0.05) is 12.1 Å². The molecule has 0 saturated heterocycles. The summed E-state index contributed by atoms with van der Waals surface area (Å²) in [5.74, 6) is 0.812. The Bertz CT molecular complexity index is 1300. The fourth-order valence-corrected chi connectivity index (χ4v) is 3.30. The number of imidazole rings is 1. The van der Waals surface area contributed by atoms with E-state index < -0.39 is 0 Å². The fourth-order valence-electron chi connectivity index (χ4n) is 3.30. The summed E-state index contributed by atoms with van der Waals surface area (Å²) in [7, 11) is 1.66. The molecule has 29 heavy (non-hydrogen) atoms. The van der Waals surface area contributed by atoms with E-state index in [-0.39, 0.29) is 0 Å². The normalized spacial score (nSPS) is 10.9. The van der Waals surface area contributed by atoms with E-state index in [0.717, 1.165) is 45.0 Å². The molecule has 4 heterocycles. The van der Waals surface area contributed by atoms with Crippen LogP contribution < -0.4 is 4.74 Å². The van der Waals surface area contributed by atoms with Crippen molar-refractivity contribution in [2.24, 2.45) is 0 Å². The van der Waals surface area contributed by atoms with Gasteiger partial charge in [-0.3, -0.25) is 9.97 Å². The van der Waals surface area contributed by atoms with Crippen LogP contribution in [0.2, 0.25) is 0 Å². The molecule has 0 bridgehead atoms. The van der Waals surface area contributed by atoms with Crippen molar-refractivity contribution in [3.63, 3.8) is 0 Å². The number of pyridine rings is 2. The van der Waals surface area contributed by atoms with Crippen molar-refractivity contribution in [3.05, 3.63) is 85.6 Å². The average Bonchev–Trinajstić information content (AvgIpc) is 3.23. The quantitative estimate of drug-likeness (QED) is 0.459. The molecule has 6 nitrogen and oxygen atoms in total. The smallest absolute Gasteiger partial charge is 0.154 e. The molecule has 140 valence electrons. The van der Waals surface area contributed by atoms with E-state index in [1.165, 1.54) is 0 Å². The lowest BCUT2D eigenvalue weighted by molar-refractivity contribution is 0.415. The van der Waals surface area contributed by atoms with E-state index in [1.807, 2.05) is 71.5 Å². The Morgan fingerprint density at radius 3 is 2.48 bits per heavy atom. The van der Waals surface area contributed by atoms with Gasteiger partial charge in [0.05, 0.1) is 30.9 Å². The molecule has 6 heteroatoms. The van der Waals surface area contributed by atoms with Crippen molar-refractivity contribution in [1.29, 1.82) is 0 Å². The highest BCUT2D eigenvalue weighted by atomic mass is 16.5. The largest absolute Gasteiger partial charge is 0.497 e. The number of benzene rings is 1. The Hall–Kier alpha value is -4.06. The van der Waals surface area contributed by atoms with Crippen LogP contribution in [-0.4, -0.2) is 31.7 Å². The minimum Gasteiger partial charge on any atom is -0.497 e. The highest BCUT2D eigenvalue weighted by Crippen LogP contribution is 2.27. The van der Waals surface area contributed by atoms with E-state index in [4.69, 9.17) is 4.74 Å². The molecular formula is C23H17N5O. The molecule has 0 atom stereocenters. The summed E-state index contributed by atoms with van der Waals surface area (Å²) in [5.41, 5.74) is 6.61. The summed E-state index contributed by atoms with van der Waals surface area (Å²) in [4.78, 5) is 13.1. The van der Waals surface area contributed by atoms with Crippen LogP contribution in [0.1, 0.15) is 0 Å². The number of rotatable bonds is 4. The summed E-state index contributed by atoms with van der Waals surface area (Å²) < 4.78 is 7.16. The zero-order valence-electron chi connectivity index (χ0n) is 15.7. The van der Waals surface area contributed by atoms with Crippen molar-refractivity contribution in [2.45, 2.75) is 0 Å². The molecule has 0 aliphatic rings.